The Bertz CT molecular complexity index is 698. The van der Waals surface area contributed by atoms with Crippen molar-refractivity contribution < 1.29 is 27.0 Å². The van der Waals surface area contributed by atoms with Gasteiger partial charge in [0.2, 0.25) is 5.71 Å². The van der Waals surface area contributed by atoms with Crippen LogP contribution in [-0.2, 0) is 0 Å². The molecule has 4 N–H and O–H groups in total. The number of amidine groups is 1. The van der Waals surface area contributed by atoms with Gasteiger partial charge in [-0.1, -0.05) is 0 Å². The van der Waals surface area contributed by atoms with Crippen LogP contribution in [0, 0.1) is 16.7 Å². The van der Waals surface area contributed by atoms with Crippen LogP contribution >= 0.6 is 0 Å². The van der Waals surface area contributed by atoms with Gasteiger partial charge in [0.05, 0.1) is 5.69 Å². The first-order chi connectivity index (χ1) is 10.2. The van der Waals surface area contributed by atoms with Gasteiger partial charge >= 0.3 is 12.2 Å². The Balaban J connectivity index is 2.27. The van der Waals surface area contributed by atoms with E-state index in [0.29, 0.717) is 0 Å². The molecule has 0 radical (unpaired) electrons. The molecule has 1 aromatic rings. The highest BCUT2D eigenvalue weighted by atomic mass is 19.3. The molecule has 1 aromatic carbocycles. The monoisotopic (exact) mass is 317 g/mol. The zero-order valence-corrected chi connectivity index (χ0v) is 10.5. The number of nitrogens with zero attached hydrogens (tertiary/aromatic N) is 2. The van der Waals surface area contributed by atoms with Crippen molar-refractivity contribution in [3.63, 3.8) is 0 Å². The number of ether oxygens (including phenoxy) is 2. The van der Waals surface area contributed by atoms with E-state index in [1.165, 1.54) is 12.1 Å². The number of fused-ring (bicyclic) bond motifs is 1. The van der Waals surface area contributed by atoms with Crippen molar-refractivity contribution in [3.05, 3.63) is 18.2 Å². The predicted molar refractivity (Wildman–Crippen MR) is 66.2 cm³/mol. The van der Waals surface area contributed by atoms with Crippen LogP contribution in [0.25, 0.3) is 0 Å². The summed E-state index contributed by atoms with van der Waals surface area (Å²) in [5.74, 6) is -1.84. The number of rotatable bonds is 3. The van der Waals surface area contributed by atoms with Gasteiger partial charge in [0.15, 0.2) is 17.3 Å². The Kier molecular flexibility index (Phi) is 3.54. The highest BCUT2D eigenvalue weighted by molar-refractivity contribution is 6.45. The maximum absolute atomic E-state index is 13.0. The lowest BCUT2D eigenvalue weighted by Gasteiger charge is -2.31. The number of hydrogen-bond acceptors (Lipinski definition) is 6. The molecule has 0 unspecified atom stereocenters. The lowest BCUT2D eigenvalue weighted by atomic mass is 10.2. The summed E-state index contributed by atoms with van der Waals surface area (Å²) in [7, 11) is 0. The van der Waals surface area contributed by atoms with Gasteiger partial charge in [-0.05, 0) is 12.1 Å². The maximum Gasteiger partial charge on any atom is 0.507 e. The zero-order chi connectivity index (χ0) is 16.5. The molecule has 0 amide bonds. The van der Waals surface area contributed by atoms with Crippen molar-refractivity contribution in [1.82, 2.24) is 0 Å². The quantitative estimate of drug-likeness (QED) is 0.340. The second-order valence-electron chi connectivity index (χ2n) is 4.00. The topological polar surface area (TPSA) is 117 Å². The Morgan fingerprint density at radius 3 is 2.36 bits per heavy atom. The van der Waals surface area contributed by atoms with E-state index in [1.54, 1.807) is 0 Å². The number of hydrazone groups is 1. The normalized spacial score (nSPS) is 18.2. The summed E-state index contributed by atoms with van der Waals surface area (Å²) in [5, 5.41) is 19.1. The van der Waals surface area contributed by atoms with E-state index in [-0.39, 0.29) is 5.69 Å². The number of benzene rings is 1. The number of halogens is 4. The van der Waals surface area contributed by atoms with Gasteiger partial charge < -0.3 is 15.2 Å². The van der Waals surface area contributed by atoms with Gasteiger partial charge in [-0.3, -0.25) is 10.8 Å². The van der Waals surface area contributed by atoms with Crippen molar-refractivity contribution in [3.8, 4) is 17.6 Å². The summed E-state index contributed by atoms with van der Waals surface area (Å²) < 4.78 is 59.8. The van der Waals surface area contributed by atoms with E-state index >= 15 is 0 Å². The average molecular weight is 317 g/mol. The molecule has 1 aliphatic heterocycles. The number of nitrogens with one attached hydrogen (secondary N) is 2. The number of hydrogen-bond donors (Lipinski definition) is 3. The first kappa shape index (κ1) is 15.4. The van der Waals surface area contributed by atoms with Gasteiger partial charge in [0, 0.05) is 6.07 Å². The predicted octanol–water partition coefficient (Wildman–Crippen LogP) is 1.87. The van der Waals surface area contributed by atoms with Gasteiger partial charge in [-0.2, -0.15) is 27.9 Å². The molecule has 0 saturated heterocycles. The van der Waals surface area contributed by atoms with E-state index in [2.05, 4.69) is 20.0 Å². The Labute approximate surface area is 120 Å². The van der Waals surface area contributed by atoms with Gasteiger partial charge in [0.25, 0.3) is 0 Å². The maximum atomic E-state index is 13.0. The second kappa shape index (κ2) is 5.06. The summed E-state index contributed by atoms with van der Waals surface area (Å²) >= 11 is 0. The van der Waals surface area contributed by atoms with Crippen molar-refractivity contribution in [2.75, 3.05) is 5.43 Å². The van der Waals surface area contributed by atoms with Crippen LogP contribution in [0.4, 0.5) is 23.2 Å². The average Bonchev–Trinajstić information content (AvgIpc) is 2.40. The van der Waals surface area contributed by atoms with E-state index in [4.69, 9.17) is 16.4 Å². The molecule has 11 heteroatoms. The van der Waals surface area contributed by atoms with Crippen LogP contribution in [0.1, 0.15) is 0 Å². The minimum absolute atomic E-state index is 0.0253. The fraction of sp³-hybridized carbons (Fsp3) is 0.182. The smallest absolute Gasteiger partial charge is 0.421 e. The Morgan fingerprint density at radius 1 is 1.23 bits per heavy atom. The lowest BCUT2D eigenvalue weighted by molar-refractivity contribution is -0.391. The molecule has 0 aromatic heterocycles. The number of nitriles is 1. The largest absolute Gasteiger partial charge is 0.507 e. The van der Waals surface area contributed by atoms with Crippen molar-refractivity contribution >= 4 is 17.2 Å². The summed E-state index contributed by atoms with van der Waals surface area (Å²) in [6, 6.07) is 4.56. The molecule has 0 aliphatic carbocycles. The molecule has 1 heterocycles. The molecule has 7 nitrogen and oxygen atoms in total. The fourth-order valence-electron chi connectivity index (χ4n) is 1.40. The number of alkyl halides is 4. The third-order valence-corrected chi connectivity index (χ3v) is 2.42. The standard InChI is InChI=1S/C11H7F4N5O2/c12-10(13)11(14,15)22-8-3-5(1-2-7(8)21-10)19-20-6(4-16)9(17)18/h1-3,19H,(H3,17,18)/b20-6+. The van der Waals surface area contributed by atoms with Crippen LogP contribution in [-0.4, -0.2) is 23.8 Å². The van der Waals surface area contributed by atoms with E-state index in [9.17, 15) is 17.6 Å². The zero-order valence-electron chi connectivity index (χ0n) is 10.5. The first-order valence-corrected chi connectivity index (χ1v) is 5.52. The third-order valence-electron chi connectivity index (χ3n) is 2.42. The fourth-order valence-corrected chi connectivity index (χ4v) is 1.40. The highest BCUT2D eigenvalue weighted by Crippen LogP contribution is 2.47. The highest BCUT2D eigenvalue weighted by Gasteiger charge is 2.65. The van der Waals surface area contributed by atoms with Gasteiger partial charge in [-0.25, -0.2) is 0 Å². The van der Waals surface area contributed by atoms with Crippen LogP contribution in [0.5, 0.6) is 11.5 Å². The Morgan fingerprint density at radius 2 is 1.82 bits per heavy atom. The van der Waals surface area contributed by atoms with Crippen LogP contribution in [0.15, 0.2) is 23.3 Å². The second-order valence-corrected chi connectivity index (χ2v) is 4.00. The molecule has 1 aliphatic rings. The third kappa shape index (κ3) is 2.71. The van der Waals surface area contributed by atoms with Crippen LogP contribution < -0.4 is 20.6 Å². The minimum Gasteiger partial charge on any atom is -0.421 e. The van der Waals surface area contributed by atoms with Gasteiger partial charge in [-0.15, -0.1) is 0 Å². The Hall–Kier alpha value is -3.03. The molecule has 2 rings (SSSR count). The molecule has 0 atom stereocenters. The minimum atomic E-state index is -4.83. The number of anilines is 1. The molecule has 0 spiro atoms. The van der Waals surface area contributed by atoms with E-state index in [0.717, 1.165) is 12.1 Å². The van der Waals surface area contributed by atoms with Crippen LogP contribution in [0.2, 0.25) is 0 Å². The lowest BCUT2D eigenvalue weighted by Crippen LogP contribution is -2.52. The summed E-state index contributed by atoms with van der Waals surface area (Å²) in [6.07, 6.45) is -9.63. The van der Waals surface area contributed by atoms with Gasteiger partial charge in [0.1, 0.15) is 6.07 Å². The van der Waals surface area contributed by atoms with Crippen molar-refractivity contribution in [2.45, 2.75) is 12.2 Å². The van der Waals surface area contributed by atoms with E-state index < -0.39 is 35.3 Å². The van der Waals surface area contributed by atoms with Crippen LogP contribution in [0.3, 0.4) is 0 Å². The molecular weight excluding hydrogens is 310 g/mol. The molecule has 0 fully saturated rings. The summed E-state index contributed by atoms with van der Waals surface area (Å²) in [4.78, 5) is 0. The first-order valence-electron chi connectivity index (χ1n) is 5.52. The molecule has 116 valence electrons. The summed E-state index contributed by atoms with van der Waals surface area (Å²) in [5.41, 5.74) is 6.88. The summed E-state index contributed by atoms with van der Waals surface area (Å²) in [6.45, 7) is 0. The van der Waals surface area contributed by atoms with Crippen molar-refractivity contribution in [1.29, 1.82) is 10.7 Å². The number of nitrogens with two attached hydrogens (primary N) is 1. The van der Waals surface area contributed by atoms with Crippen molar-refractivity contribution in [2.24, 2.45) is 10.8 Å². The molecule has 0 saturated carbocycles. The SMILES string of the molecule is N#C/C(=N\Nc1ccc2c(c1)OC(F)(F)C(F)(F)O2)C(=N)N. The molecular formula is C11H7F4N5O2. The van der Waals surface area contributed by atoms with E-state index in [1.807, 2.05) is 0 Å². The molecule has 22 heavy (non-hydrogen) atoms. The molecule has 0 bridgehead atoms.